The van der Waals surface area contributed by atoms with Crippen LogP contribution in [0.15, 0.2) is 105 Å². The summed E-state index contributed by atoms with van der Waals surface area (Å²) in [4.78, 5) is 12.8. The zero-order chi connectivity index (χ0) is 22.3. The predicted octanol–water partition coefficient (Wildman–Crippen LogP) is 6.35. The lowest BCUT2D eigenvalue weighted by atomic mass is 10.1. The first-order chi connectivity index (χ1) is 15.6. The third-order valence-electron chi connectivity index (χ3n) is 4.66. The normalized spacial score (nSPS) is 10.9. The highest BCUT2D eigenvalue weighted by atomic mass is 79.9. The molecule has 5 nitrogen and oxygen atoms in total. The summed E-state index contributed by atoms with van der Waals surface area (Å²) in [7, 11) is 0. The third-order valence-corrected chi connectivity index (χ3v) is 5.71. The van der Waals surface area contributed by atoms with Crippen LogP contribution in [0.3, 0.4) is 0 Å². The molecule has 0 bridgehead atoms. The Bertz CT molecular complexity index is 1240. The van der Waals surface area contributed by atoms with Crippen molar-refractivity contribution in [2.45, 2.75) is 6.61 Å². The fraction of sp³-hybridized carbons (Fsp3) is 0.0400. The molecular formula is C25H19Br2N3O2. The van der Waals surface area contributed by atoms with Gasteiger partial charge < -0.3 is 9.30 Å². The minimum Gasteiger partial charge on any atom is -0.487 e. The molecule has 32 heavy (non-hydrogen) atoms. The quantitative estimate of drug-likeness (QED) is 0.215. The molecule has 0 spiro atoms. The maximum Gasteiger partial charge on any atom is 0.273 e. The number of hydrogen-bond acceptors (Lipinski definition) is 3. The van der Waals surface area contributed by atoms with Gasteiger partial charge in [0.05, 0.1) is 21.9 Å². The van der Waals surface area contributed by atoms with E-state index < -0.39 is 0 Å². The van der Waals surface area contributed by atoms with E-state index in [0.29, 0.717) is 17.9 Å². The van der Waals surface area contributed by atoms with Crippen molar-refractivity contribution >= 4 is 44.0 Å². The molecule has 4 rings (SSSR count). The number of benzene rings is 3. The van der Waals surface area contributed by atoms with Crippen molar-refractivity contribution in [1.29, 1.82) is 0 Å². The van der Waals surface area contributed by atoms with E-state index in [1.807, 2.05) is 89.8 Å². The predicted molar refractivity (Wildman–Crippen MR) is 133 cm³/mol. The summed E-state index contributed by atoms with van der Waals surface area (Å²) in [5, 5.41) is 4.18. The van der Waals surface area contributed by atoms with Gasteiger partial charge in [-0.1, -0.05) is 58.4 Å². The Morgan fingerprint density at radius 2 is 1.69 bits per heavy atom. The first kappa shape index (κ1) is 22.0. The van der Waals surface area contributed by atoms with Crippen LogP contribution in [-0.2, 0) is 6.61 Å². The fourth-order valence-corrected chi connectivity index (χ4v) is 4.54. The number of rotatable bonds is 7. The Balaban J connectivity index is 1.52. The van der Waals surface area contributed by atoms with Crippen LogP contribution in [0, 0.1) is 0 Å². The first-order valence-corrected chi connectivity index (χ1v) is 11.4. The smallest absolute Gasteiger partial charge is 0.273 e. The summed E-state index contributed by atoms with van der Waals surface area (Å²) in [6, 6.07) is 24.9. The number of halogens is 2. The third kappa shape index (κ3) is 5.36. The van der Waals surface area contributed by atoms with Crippen molar-refractivity contribution in [2.24, 2.45) is 5.10 Å². The Kier molecular flexibility index (Phi) is 7.19. The van der Waals surface area contributed by atoms with Crippen molar-refractivity contribution in [1.82, 2.24) is 9.99 Å². The topological polar surface area (TPSA) is 55.6 Å². The number of nitrogens with one attached hydrogen (secondary N) is 1. The second-order valence-electron chi connectivity index (χ2n) is 6.89. The van der Waals surface area contributed by atoms with Crippen LogP contribution in [0.25, 0.3) is 5.69 Å². The highest BCUT2D eigenvalue weighted by molar-refractivity contribution is 9.11. The van der Waals surface area contributed by atoms with Crippen LogP contribution in [0.2, 0.25) is 0 Å². The number of hydrogen-bond donors (Lipinski definition) is 1. The van der Waals surface area contributed by atoms with Gasteiger partial charge in [0, 0.05) is 22.4 Å². The molecule has 1 N–H and O–H groups in total. The Hall–Kier alpha value is -3.16. The van der Waals surface area contributed by atoms with Gasteiger partial charge in [-0.15, -0.1) is 0 Å². The van der Waals surface area contributed by atoms with Gasteiger partial charge >= 0.3 is 0 Å². The van der Waals surface area contributed by atoms with Gasteiger partial charge in [-0.3, -0.25) is 4.79 Å². The van der Waals surface area contributed by atoms with Crippen molar-refractivity contribution in [3.05, 3.63) is 117 Å². The van der Waals surface area contributed by atoms with Gasteiger partial charge in [0.1, 0.15) is 12.4 Å². The van der Waals surface area contributed by atoms with Crippen LogP contribution < -0.4 is 10.2 Å². The molecular weight excluding hydrogens is 534 g/mol. The molecule has 7 heteroatoms. The molecule has 3 aromatic carbocycles. The summed E-state index contributed by atoms with van der Waals surface area (Å²) in [5.41, 5.74) is 5.70. The minimum atomic E-state index is -0.300. The largest absolute Gasteiger partial charge is 0.487 e. The molecule has 0 radical (unpaired) electrons. The van der Waals surface area contributed by atoms with Crippen LogP contribution in [0.5, 0.6) is 5.75 Å². The summed E-state index contributed by atoms with van der Waals surface area (Å²) in [6.45, 7) is 0.415. The molecule has 0 unspecified atom stereocenters. The SMILES string of the molecule is O=C(N/N=C\c1cc(Br)cc(Br)c1OCc1ccccc1)c1ccccc1-n1cccc1. The maximum atomic E-state index is 12.8. The standard InChI is InChI=1S/C25H19Br2N3O2/c26-20-14-19(24(22(27)15-20)32-17-18-8-2-1-3-9-18)16-28-29-25(31)21-10-4-5-11-23(21)30-12-6-7-13-30/h1-16H,17H2,(H,29,31)/b28-16-. The number of aromatic nitrogens is 1. The zero-order valence-electron chi connectivity index (χ0n) is 16.9. The summed E-state index contributed by atoms with van der Waals surface area (Å²) in [6.07, 6.45) is 5.36. The molecule has 0 saturated heterocycles. The molecule has 1 amide bonds. The number of ether oxygens (including phenoxy) is 1. The van der Waals surface area contributed by atoms with Crippen molar-refractivity contribution in [3.8, 4) is 11.4 Å². The summed E-state index contributed by atoms with van der Waals surface area (Å²) >= 11 is 7.05. The zero-order valence-corrected chi connectivity index (χ0v) is 20.1. The van der Waals surface area contributed by atoms with E-state index in [9.17, 15) is 4.79 Å². The number of nitrogens with zero attached hydrogens (tertiary/aromatic N) is 2. The van der Waals surface area contributed by atoms with E-state index in [4.69, 9.17) is 4.74 Å². The molecule has 0 aliphatic heterocycles. The number of carbonyl (C=O) groups is 1. The van der Waals surface area contributed by atoms with E-state index in [0.717, 1.165) is 25.8 Å². The van der Waals surface area contributed by atoms with Crippen LogP contribution in [-0.4, -0.2) is 16.7 Å². The molecule has 0 saturated carbocycles. The van der Waals surface area contributed by atoms with Crippen LogP contribution >= 0.6 is 31.9 Å². The minimum absolute atomic E-state index is 0.300. The molecule has 0 aliphatic carbocycles. The van der Waals surface area contributed by atoms with Gasteiger partial charge in [-0.05, 0) is 57.9 Å². The van der Waals surface area contributed by atoms with Gasteiger partial charge in [0.2, 0.25) is 0 Å². The first-order valence-electron chi connectivity index (χ1n) is 9.83. The van der Waals surface area contributed by atoms with E-state index >= 15 is 0 Å². The Morgan fingerprint density at radius 3 is 2.47 bits per heavy atom. The number of hydrazone groups is 1. The highest BCUT2D eigenvalue weighted by Crippen LogP contribution is 2.32. The van der Waals surface area contributed by atoms with Gasteiger partial charge in [0.15, 0.2) is 0 Å². The molecule has 0 aliphatic rings. The van der Waals surface area contributed by atoms with Crippen LogP contribution in [0.4, 0.5) is 0 Å². The van der Waals surface area contributed by atoms with Gasteiger partial charge in [-0.2, -0.15) is 5.10 Å². The average Bonchev–Trinajstić information content (AvgIpc) is 3.34. The Labute approximate surface area is 203 Å². The van der Waals surface area contributed by atoms with Crippen molar-refractivity contribution < 1.29 is 9.53 Å². The van der Waals surface area contributed by atoms with Crippen molar-refractivity contribution in [3.63, 3.8) is 0 Å². The van der Waals surface area contributed by atoms with E-state index in [1.165, 1.54) is 0 Å². The highest BCUT2D eigenvalue weighted by Gasteiger charge is 2.12. The fourth-order valence-electron chi connectivity index (χ4n) is 3.16. The van der Waals surface area contributed by atoms with Crippen LogP contribution in [0.1, 0.15) is 21.5 Å². The lowest BCUT2D eigenvalue weighted by Crippen LogP contribution is -2.19. The van der Waals surface area contributed by atoms with E-state index in [-0.39, 0.29) is 5.91 Å². The average molecular weight is 553 g/mol. The van der Waals surface area contributed by atoms with E-state index in [1.54, 1.807) is 12.3 Å². The Morgan fingerprint density at radius 1 is 0.969 bits per heavy atom. The molecule has 1 aromatic heterocycles. The monoisotopic (exact) mass is 551 g/mol. The lowest BCUT2D eigenvalue weighted by Gasteiger charge is -2.12. The second-order valence-corrected chi connectivity index (χ2v) is 8.66. The molecule has 160 valence electrons. The molecule has 1 heterocycles. The molecule has 4 aromatic rings. The second kappa shape index (κ2) is 10.4. The number of carbonyl (C=O) groups excluding carboxylic acids is 1. The number of amides is 1. The summed E-state index contributed by atoms with van der Waals surface area (Å²) in [5.74, 6) is 0.342. The summed E-state index contributed by atoms with van der Waals surface area (Å²) < 4.78 is 9.58. The van der Waals surface area contributed by atoms with Crippen molar-refractivity contribution in [2.75, 3.05) is 0 Å². The lowest BCUT2D eigenvalue weighted by molar-refractivity contribution is 0.0955. The van der Waals surface area contributed by atoms with Gasteiger partial charge in [0.25, 0.3) is 5.91 Å². The van der Waals surface area contributed by atoms with Gasteiger partial charge in [-0.25, -0.2) is 5.43 Å². The maximum absolute atomic E-state index is 12.8. The molecule has 0 fully saturated rings. The van der Waals surface area contributed by atoms with E-state index in [2.05, 4.69) is 42.4 Å². The molecule has 0 atom stereocenters. The number of para-hydroxylation sites is 1.